The molecule has 1 rings (SSSR count). The highest BCUT2D eigenvalue weighted by molar-refractivity contribution is 5.54. The summed E-state index contributed by atoms with van der Waals surface area (Å²) in [4.78, 5) is 10.7. The quantitative estimate of drug-likeness (QED) is 0.510. The van der Waals surface area contributed by atoms with Gasteiger partial charge in [-0.05, 0) is 39.0 Å². The molecule has 0 spiro atoms. The monoisotopic (exact) mass is 227 g/mol. The van der Waals surface area contributed by atoms with Crippen LogP contribution in [0.2, 0.25) is 0 Å². The molecule has 0 aromatic rings. The lowest BCUT2D eigenvalue weighted by Gasteiger charge is -2.21. The molecule has 1 saturated carbocycles. The second-order valence-electron chi connectivity index (χ2n) is 4.66. The van der Waals surface area contributed by atoms with E-state index >= 15 is 0 Å². The van der Waals surface area contributed by atoms with E-state index in [-0.39, 0.29) is 0 Å². The lowest BCUT2D eigenvalue weighted by atomic mass is 10.1. The molecule has 0 amide bonds. The van der Waals surface area contributed by atoms with Gasteiger partial charge in [-0.3, -0.25) is 0 Å². The van der Waals surface area contributed by atoms with Gasteiger partial charge in [0.2, 0.25) is 0 Å². The summed E-state index contributed by atoms with van der Waals surface area (Å²) in [6.07, 6.45) is 6.55. The highest BCUT2D eigenvalue weighted by Crippen LogP contribution is 2.24. The van der Waals surface area contributed by atoms with Gasteiger partial charge in [0.05, 0.1) is 0 Å². The molecule has 1 aliphatic carbocycles. The zero-order chi connectivity index (χ0) is 11.8. The minimum Gasteiger partial charge on any atom is -0.382 e. The van der Waals surface area contributed by atoms with E-state index in [4.69, 9.17) is 4.74 Å². The van der Waals surface area contributed by atoms with E-state index in [0.29, 0.717) is 18.0 Å². The molecule has 1 N–H and O–H groups in total. The minimum atomic E-state index is 0.293. The third-order valence-corrected chi connectivity index (χ3v) is 3.44. The number of hydrogen-bond donors (Lipinski definition) is 1. The van der Waals surface area contributed by atoms with Gasteiger partial charge in [0, 0.05) is 31.2 Å². The van der Waals surface area contributed by atoms with Crippen LogP contribution in [0, 0.1) is 5.92 Å². The van der Waals surface area contributed by atoms with Crippen LogP contribution in [0.4, 0.5) is 0 Å². The topological polar surface area (TPSA) is 38.3 Å². The fourth-order valence-electron chi connectivity index (χ4n) is 2.40. The summed E-state index contributed by atoms with van der Waals surface area (Å²) in [5.41, 5.74) is 0. The molecular formula is C13H25NO2. The maximum Gasteiger partial charge on any atom is 0.123 e. The first-order valence-electron chi connectivity index (χ1n) is 6.59. The Hall–Kier alpha value is -0.410. The Morgan fingerprint density at radius 1 is 1.44 bits per heavy atom. The van der Waals surface area contributed by atoms with Crippen molar-refractivity contribution in [3.8, 4) is 0 Å². The van der Waals surface area contributed by atoms with Crippen LogP contribution in [0.1, 0.15) is 46.0 Å². The summed E-state index contributed by atoms with van der Waals surface area (Å²) >= 11 is 0. The van der Waals surface area contributed by atoms with Gasteiger partial charge in [-0.15, -0.1) is 0 Å². The van der Waals surface area contributed by atoms with E-state index in [0.717, 1.165) is 51.6 Å². The zero-order valence-electron chi connectivity index (χ0n) is 10.6. The highest BCUT2D eigenvalue weighted by atomic mass is 16.5. The summed E-state index contributed by atoms with van der Waals surface area (Å²) in [7, 11) is 0. The number of carbonyl (C=O) groups is 1. The van der Waals surface area contributed by atoms with Crippen LogP contribution in [0.15, 0.2) is 0 Å². The second-order valence-corrected chi connectivity index (χ2v) is 4.66. The number of nitrogens with one attached hydrogen (secondary N) is 1. The fraction of sp³-hybridized carbons (Fsp3) is 0.923. The Labute approximate surface area is 98.9 Å². The Balaban J connectivity index is 2.19. The van der Waals surface area contributed by atoms with Crippen molar-refractivity contribution in [1.82, 2.24) is 5.32 Å². The number of rotatable bonds is 8. The number of carbonyl (C=O) groups excluding carboxylic acids is 1. The van der Waals surface area contributed by atoms with Crippen LogP contribution in [-0.4, -0.2) is 31.6 Å². The van der Waals surface area contributed by atoms with Crippen molar-refractivity contribution in [3.63, 3.8) is 0 Å². The molecule has 16 heavy (non-hydrogen) atoms. The molecule has 0 bridgehead atoms. The van der Waals surface area contributed by atoms with Gasteiger partial charge in [0.1, 0.15) is 6.29 Å². The summed E-state index contributed by atoms with van der Waals surface area (Å²) < 4.78 is 5.38. The van der Waals surface area contributed by atoms with E-state index in [1.165, 1.54) is 0 Å². The van der Waals surface area contributed by atoms with Gasteiger partial charge in [-0.1, -0.05) is 6.92 Å². The lowest BCUT2D eigenvalue weighted by Crippen LogP contribution is -2.37. The smallest absolute Gasteiger partial charge is 0.123 e. The summed E-state index contributed by atoms with van der Waals surface area (Å²) in [5, 5.41) is 3.65. The predicted molar refractivity (Wildman–Crippen MR) is 65.5 cm³/mol. The first kappa shape index (κ1) is 13.7. The molecule has 0 aromatic carbocycles. The van der Waals surface area contributed by atoms with Crippen molar-refractivity contribution in [2.75, 3.05) is 13.2 Å². The average Bonchev–Trinajstić information content (AvgIpc) is 2.75. The van der Waals surface area contributed by atoms with Crippen LogP contribution >= 0.6 is 0 Å². The first-order valence-corrected chi connectivity index (χ1v) is 6.59. The van der Waals surface area contributed by atoms with Gasteiger partial charge < -0.3 is 14.8 Å². The van der Waals surface area contributed by atoms with Crippen molar-refractivity contribution >= 4 is 6.29 Å². The number of aldehydes is 1. The maximum atomic E-state index is 10.7. The second kappa shape index (κ2) is 7.80. The fourth-order valence-corrected chi connectivity index (χ4v) is 2.40. The Morgan fingerprint density at radius 3 is 2.81 bits per heavy atom. The van der Waals surface area contributed by atoms with Crippen LogP contribution in [-0.2, 0) is 9.53 Å². The lowest BCUT2D eigenvalue weighted by molar-refractivity contribution is -0.110. The van der Waals surface area contributed by atoms with Crippen LogP contribution in [0.3, 0.4) is 0 Å². The van der Waals surface area contributed by atoms with Crippen molar-refractivity contribution in [2.45, 2.75) is 58.0 Å². The molecule has 1 fully saturated rings. The largest absolute Gasteiger partial charge is 0.382 e. The van der Waals surface area contributed by atoms with Crippen molar-refractivity contribution < 1.29 is 9.53 Å². The molecule has 3 atom stereocenters. The van der Waals surface area contributed by atoms with Crippen molar-refractivity contribution in [2.24, 2.45) is 5.92 Å². The number of ether oxygens (including phenoxy) is 1. The van der Waals surface area contributed by atoms with E-state index in [9.17, 15) is 4.79 Å². The molecule has 0 radical (unpaired) electrons. The molecule has 3 nitrogen and oxygen atoms in total. The molecule has 0 heterocycles. The first-order chi connectivity index (χ1) is 7.80. The standard InChI is InChI=1S/C13H25NO2/c1-3-12(7-8-16-4-2)14-13-6-5-11(9-13)10-15/h10-14H,3-9H2,1-2H3. The normalized spacial score (nSPS) is 26.9. The SMILES string of the molecule is CCOCCC(CC)NC1CCC(C=O)C1. The van der Waals surface area contributed by atoms with Gasteiger partial charge in [-0.2, -0.15) is 0 Å². The van der Waals surface area contributed by atoms with Gasteiger partial charge in [-0.25, -0.2) is 0 Å². The van der Waals surface area contributed by atoms with Crippen molar-refractivity contribution in [1.29, 1.82) is 0 Å². The third-order valence-electron chi connectivity index (χ3n) is 3.44. The predicted octanol–water partition coefficient (Wildman–Crippen LogP) is 2.15. The van der Waals surface area contributed by atoms with E-state index in [1.807, 2.05) is 6.92 Å². The Morgan fingerprint density at radius 2 is 2.25 bits per heavy atom. The van der Waals surface area contributed by atoms with Gasteiger partial charge >= 0.3 is 0 Å². The van der Waals surface area contributed by atoms with Crippen LogP contribution in [0.5, 0.6) is 0 Å². The van der Waals surface area contributed by atoms with E-state index in [2.05, 4.69) is 12.2 Å². The van der Waals surface area contributed by atoms with Crippen LogP contribution < -0.4 is 5.32 Å². The minimum absolute atomic E-state index is 0.293. The summed E-state index contributed by atoms with van der Waals surface area (Å²) in [6, 6.07) is 1.09. The molecule has 94 valence electrons. The van der Waals surface area contributed by atoms with Gasteiger partial charge in [0.25, 0.3) is 0 Å². The summed E-state index contributed by atoms with van der Waals surface area (Å²) in [6.45, 7) is 5.87. The number of hydrogen-bond acceptors (Lipinski definition) is 3. The molecular weight excluding hydrogens is 202 g/mol. The zero-order valence-corrected chi connectivity index (χ0v) is 10.6. The molecule has 3 heteroatoms. The van der Waals surface area contributed by atoms with Gasteiger partial charge in [0.15, 0.2) is 0 Å². The van der Waals surface area contributed by atoms with Crippen molar-refractivity contribution in [3.05, 3.63) is 0 Å². The summed E-state index contributed by atoms with van der Waals surface area (Å²) in [5.74, 6) is 0.293. The molecule has 0 saturated heterocycles. The Bertz CT molecular complexity index is 196. The molecule has 1 aliphatic rings. The Kier molecular flexibility index (Phi) is 6.65. The molecule has 3 unspecified atom stereocenters. The van der Waals surface area contributed by atoms with E-state index in [1.54, 1.807) is 0 Å². The van der Waals surface area contributed by atoms with E-state index < -0.39 is 0 Å². The third kappa shape index (κ3) is 4.62. The average molecular weight is 227 g/mol. The molecule has 0 aromatic heterocycles. The molecule has 0 aliphatic heterocycles. The highest BCUT2D eigenvalue weighted by Gasteiger charge is 2.25. The van der Waals surface area contributed by atoms with Crippen LogP contribution in [0.25, 0.3) is 0 Å². The maximum absolute atomic E-state index is 10.7.